The summed E-state index contributed by atoms with van der Waals surface area (Å²) in [7, 11) is 0. The lowest BCUT2D eigenvalue weighted by molar-refractivity contribution is -0.137. The van der Waals surface area contributed by atoms with Crippen molar-refractivity contribution < 1.29 is 22.7 Å². The predicted octanol–water partition coefficient (Wildman–Crippen LogP) is 4.83. The molecule has 3 aromatic heterocycles. The number of carbonyl (C=O) groups excluding carboxylic acids is 1. The second-order valence-electron chi connectivity index (χ2n) is 6.13. The zero-order chi connectivity index (χ0) is 20.9. The first kappa shape index (κ1) is 20.3. The van der Waals surface area contributed by atoms with Gasteiger partial charge in [-0.3, -0.25) is 9.78 Å². The number of hydrogen-bond donors (Lipinski definition) is 0. The summed E-state index contributed by atoms with van der Waals surface area (Å²) in [5, 5.41) is 1.51. The lowest BCUT2D eigenvalue weighted by Crippen LogP contribution is -2.06. The highest BCUT2D eigenvalue weighted by molar-refractivity contribution is 5.79. The van der Waals surface area contributed by atoms with Crippen molar-refractivity contribution in [1.82, 2.24) is 14.5 Å². The summed E-state index contributed by atoms with van der Waals surface area (Å²) in [5.41, 5.74) is 1.49. The second-order valence-corrected chi connectivity index (χ2v) is 6.13. The number of ether oxygens (including phenoxy) is 1. The van der Waals surface area contributed by atoms with E-state index in [1.165, 1.54) is 0 Å². The summed E-state index contributed by atoms with van der Waals surface area (Å²) in [4.78, 5) is 17.7. The minimum atomic E-state index is -4.39. The van der Waals surface area contributed by atoms with Crippen LogP contribution < -0.4 is 0 Å². The largest absolute Gasteiger partial charge is 0.468 e. The molecule has 1 aromatic carbocycles. The Hall–Kier alpha value is -3.42. The molecule has 29 heavy (non-hydrogen) atoms. The average molecular weight is 401 g/mol. The maximum Gasteiger partial charge on any atom is 0.417 e. The van der Waals surface area contributed by atoms with Crippen LogP contribution in [0.2, 0.25) is 0 Å². The molecule has 0 saturated heterocycles. The number of para-hydroxylation sites is 1. The van der Waals surface area contributed by atoms with Gasteiger partial charge in [0.15, 0.2) is 0 Å². The van der Waals surface area contributed by atoms with E-state index in [2.05, 4.69) is 14.7 Å². The molecule has 4 rings (SSSR count). The highest BCUT2D eigenvalue weighted by atomic mass is 19.4. The van der Waals surface area contributed by atoms with E-state index in [1.54, 1.807) is 23.8 Å². The van der Waals surface area contributed by atoms with Gasteiger partial charge >= 0.3 is 6.18 Å². The topological polar surface area (TPSA) is 57.0 Å². The molecule has 5 nitrogen and oxygen atoms in total. The van der Waals surface area contributed by atoms with Crippen molar-refractivity contribution in [3.8, 4) is 0 Å². The van der Waals surface area contributed by atoms with Crippen LogP contribution in [0.5, 0.6) is 0 Å². The highest BCUT2D eigenvalue weighted by Gasteiger charge is 2.31. The normalized spacial score (nSPS) is 11.2. The Labute approximate surface area is 164 Å². The van der Waals surface area contributed by atoms with Crippen LogP contribution in [0.3, 0.4) is 0 Å². The quantitative estimate of drug-likeness (QED) is 0.460. The first-order valence-corrected chi connectivity index (χ1v) is 8.84. The highest BCUT2D eigenvalue weighted by Crippen LogP contribution is 2.30. The van der Waals surface area contributed by atoms with Gasteiger partial charge in [-0.25, -0.2) is 4.98 Å². The molecule has 0 amide bonds. The Bertz CT molecular complexity index is 1120. The van der Waals surface area contributed by atoms with E-state index in [0.717, 1.165) is 28.9 Å². The van der Waals surface area contributed by atoms with Gasteiger partial charge in [0.25, 0.3) is 6.47 Å². The molecular formula is C21H18F3N3O2. The van der Waals surface area contributed by atoms with Gasteiger partial charge in [0, 0.05) is 23.2 Å². The van der Waals surface area contributed by atoms with Crippen LogP contribution in [-0.4, -0.2) is 27.6 Å². The second kappa shape index (κ2) is 8.72. The smallest absolute Gasteiger partial charge is 0.417 e. The van der Waals surface area contributed by atoms with Crippen molar-refractivity contribution in [2.75, 3.05) is 6.61 Å². The van der Waals surface area contributed by atoms with Gasteiger partial charge in [-0.15, -0.1) is 0 Å². The first-order chi connectivity index (χ1) is 13.9. The molecule has 4 aromatic rings. The molecule has 0 radical (unpaired) electrons. The van der Waals surface area contributed by atoms with Crippen molar-refractivity contribution in [3.63, 3.8) is 0 Å². The number of carbonyl (C=O) groups is 1. The van der Waals surface area contributed by atoms with E-state index < -0.39 is 11.7 Å². The minimum absolute atomic E-state index is 0.431. The summed E-state index contributed by atoms with van der Waals surface area (Å²) in [6.45, 7) is 3.12. The Morgan fingerprint density at radius 3 is 2.59 bits per heavy atom. The third-order valence-electron chi connectivity index (χ3n) is 4.15. The molecule has 0 saturated carbocycles. The molecule has 0 N–H and O–H groups in total. The number of nitrogens with zero attached hydrogens (tertiary/aromatic N) is 3. The third kappa shape index (κ3) is 4.90. The van der Waals surface area contributed by atoms with Crippen LogP contribution in [0, 0.1) is 0 Å². The Kier molecular flexibility index (Phi) is 6.11. The summed E-state index contributed by atoms with van der Waals surface area (Å²) < 4.78 is 44.2. The number of hydrogen-bond acceptors (Lipinski definition) is 4. The van der Waals surface area contributed by atoms with Crippen molar-refractivity contribution in [2.24, 2.45) is 0 Å². The van der Waals surface area contributed by atoms with Crippen LogP contribution >= 0.6 is 0 Å². The maximum atomic E-state index is 12.8. The molecular weight excluding hydrogens is 383 g/mol. The third-order valence-corrected chi connectivity index (χ3v) is 4.15. The van der Waals surface area contributed by atoms with E-state index in [9.17, 15) is 18.0 Å². The van der Waals surface area contributed by atoms with Gasteiger partial charge in [0.05, 0.1) is 29.9 Å². The zero-order valence-electron chi connectivity index (χ0n) is 15.6. The van der Waals surface area contributed by atoms with E-state index >= 15 is 0 Å². The first-order valence-electron chi connectivity index (χ1n) is 8.84. The van der Waals surface area contributed by atoms with Crippen LogP contribution in [0.1, 0.15) is 18.2 Å². The van der Waals surface area contributed by atoms with Gasteiger partial charge in [-0.2, -0.15) is 13.2 Å². The van der Waals surface area contributed by atoms with Gasteiger partial charge in [0.2, 0.25) is 0 Å². The van der Waals surface area contributed by atoms with Crippen molar-refractivity contribution in [3.05, 3.63) is 72.2 Å². The minimum Gasteiger partial charge on any atom is -0.468 e. The fraction of sp³-hybridized carbons (Fsp3) is 0.190. The van der Waals surface area contributed by atoms with Gasteiger partial charge in [-0.05, 0) is 31.2 Å². The van der Waals surface area contributed by atoms with Gasteiger partial charge in [-0.1, -0.05) is 24.3 Å². The predicted molar refractivity (Wildman–Crippen MR) is 103 cm³/mol. The lowest BCUT2D eigenvalue weighted by atomic mass is 10.2. The van der Waals surface area contributed by atoms with Gasteiger partial charge in [0.1, 0.15) is 5.65 Å². The molecule has 8 heteroatoms. The monoisotopic (exact) mass is 401 g/mol. The molecule has 0 aliphatic rings. The van der Waals surface area contributed by atoms with E-state index in [0.29, 0.717) is 30.7 Å². The van der Waals surface area contributed by atoms with Crippen LogP contribution in [-0.2, 0) is 22.3 Å². The molecule has 0 aliphatic heterocycles. The number of alkyl halides is 3. The summed E-state index contributed by atoms with van der Waals surface area (Å²) in [6.07, 6.45) is -1.79. The van der Waals surface area contributed by atoms with Crippen LogP contribution in [0.15, 0.2) is 60.9 Å². The standard InChI is InChI=1S/C18H12F3N3.C3H6O2/c19-18(20,21)14-9-13-7-8-24(17(13)22-10-14)11-15-6-5-12-3-1-2-4-16(12)23-15;1-2-5-3-4/h1-10H,11H2;3H,2H2,1H3. The molecule has 0 bridgehead atoms. The number of pyridine rings is 2. The van der Waals surface area contributed by atoms with E-state index in [1.807, 2.05) is 36.4 Å². The van der Waals surface area contributed by atoms with Crippen molar-refractivity contribution >= 4 is 28.4 Å². The van der Waals surface area contributed by atoms with Crippen molar-refractivity contribution in [2.45, 2.75) is 19.6 Å². The Morgan fingerprint density at radius 1 is 1.10 bits per heavy atom. The number of halogens is 3. The lowest BCUT2D eigenvalue weighted by Gasteiger charge is -2.08. The molecule has 0 atom stereocenters. The number of rotatable bonds is 4. The summed E-state index contributed by atoms with van der Waals surface area (Å²) in [5.74, 6) is 0. The maximum absolute atomic E-state index is 12.8. The van der Waals surface area contributed by atoms with E-state index in [4.69, 9.17) is 0 Å². The molecule has 0 fully saturated rings. The molecule has 3 heterocycles. The summed E-state index contributed by atoms with van der Waals surface area (Å²) in [6, 6.07) is 14.4. The molecule has 150 valence electrons. The van der Waals surface area contributed by atoms with Gasteiger partial charge < -0.3 is 9.30 Å². The van der Waals surface area contributed by atoms with Crippen LogP contribution in [0.25, 0.3) is 21.9 Å². The molecule has 0 spiro atoms. The zero-order valence-corrected chi connectivity index (χ0v) is 15.6. The van der Waals surface area contributed by atoms with Crippen molar-refractivity contribution in [1.29, 1.82) is 0 Å². The molecule has 0 unspecified atom stereocenters. The van der Waals surface area contributed by atoms with E-state index in [-0.39, 0.29) is 0 Å². The fourth-order valence-corrected chi connectivity index (χ4v) is 2.80. The number of benzene rings is 1. The Morgan fingerprint density at radius 2 is 1.90 bits per heavy atom. The SMILES string of the molecule is CCOC=O.FC(F)(F)c1cnc2c(ccn2Cc2ccc3ccccc3n2)c1. The number of aromatic nitrogens is 3. The molecule has 0 aliphatic carbocycles. The summed E-state index contributed by atoms with van der Waals surface area (Å²) >= 11 is 0. The fourth-order valence-electron chi connectivity index (χ4n) is 2.80. The Balaban J connectivity index is 0.000000431. The van der Waals surface area contributed by atoms with Crippen LogP contribution in [0.4, 0.5) is 13.2 Å². The average Bonchev–Trinajstić information content (AvgIpc) is 3.10. The number of fused-ring (bicyclic) bond motifs is 2.